The van der Waals surface area contributed by atoms with Crippen LogP contribution in [0.4, 0.5) is 25.1 Å². The molecule has 2 aromatic carbocycles. The van der Waals surface area contributed by atoms with E-state index >= 15 is 0 Å². The molecule has 154 valence electrons. The van der Waals surface area contributed by atoms with Crippen LogP contribution in [0.1, 0.15) is 12.5 Å². The van der Waals surface area contributed by atoms with Gasteiger partial charge in [-0.15, -0.1) is 4.91 Å². The lowest BCUT2D eigenvalue weighted by molar-refractivity contribution is -0.121. The van der Waals surface area contributed by atoms with Crippen molar-refractivity contribution in [1.29, 1.82) is 0 Å². The molecule has 0 spiro atoms. The summed E-state index contributed by atoms with van der Waals surface area (Å²) in [5.41, 5.74) is -1.14. The van der Waals surface area contributed by atoms with E-state index in [-0.39, 0.29) is 17.8 Å². The summed E-state index contributed by atoms with van der Waals surface area (Å²) in [5, 5.41) is 4.92. The number of ether oxygens (including phenoxy) is 1. The highest BCUT2D eigenvalue weighted by Crippen LogP contribution is 3.02. The normalized spacial score (nSPS) is 16.2. The summed E-state index contributed by atoms with van der Waals surface area (Å²) >= 11 is 0. The van der Waals surface area contributed by atoms with Gasteiger partial charge in [0.05, 0.1) is 0 Å². The van der Waals surface area contributed by atoms with Gasteiger partial charge in [0, 0.05) is 5.69 Å². The molecule has 1 N–H and O–H groups in total. The first kappa shape index (κ1) is 21.6. The van der Waals surface area contributed by atoms with E-state index in [0.29, 0.717) is 17.9 Å². The van der Waals surface area contributed by atoms with Crippen molar-refractivity contribution >= 4 is 21.8 Å². The third-order valence-electron chi connectivity index (χ3n) is 3.79. The lowest BCUT2D eigenvalue weighted by Gasteiger charge is -2.40. The van der Waals surface area contributed by atoms with Crippen LogP contribution in [-0.2, 0) is 4.79 Å². The molecule has 0 aliphatic rings. The number of rotatable bonds is 7. The molecule has 0 fully saturated rings. The number of benzene rings is 2. The average Bonchev–Trinajstić information content (AvgIpc) is 2.59. The molecule has 11 heteroatoms. The van der Waals surface area contributed by atoms with Crippen LogP contribution >= 0.6 is 10.2 Å². The van der Waals surface area contributed by atoms with Crippen molar-refractivity contribution in [2.24, 2.45) is 5.18 Å². The van der Waals surface area contributed by atoms with Gasteiger partial charge >= 0.3 is 10.2 Å². The molecule has 2 rings (SSSR count). The first-order valence-corrected chi connectivity index (χ1v) is 9.78. The molecule has 1 atom stereocenters. The number of nitrogens with zero attached hydrogens (tertiary/aromatic N) is 1. The van der Waals surface area contributed by atoms with Crippen molar-refractivity contribution in [2.75, 3.05) is 11.9 Å². The lowest BCUT2D eigenvalue weighted by atomic mass is 10.0. The molecule has 28 heavy (non-hydrogen) atoms. The molecular weight excluding hydrogens is 407 g/mol. The molecular formula is C17H17F5N2O3S. The summed E-state index contributed by atoms with van der Waals surface area (Å²) in [6, 6.07) is 8.39. The van der Waals surface area contributed by atoms with Crippen molar-refractivity contribution in [3.05, 3.63) is 59.0 Å². The summed E-state index contributed by atoms with van der Waals surface area (Å²) in [4.78, 5) is 21.4. The highest BCUT2D eigenvalue weighted by Gasteiger charge is 2.65. The van der Waals surface area contributed by atoms with Crippen molar-refractivity contribution in [2.45, 2.75) is 24.3 Å². The van der Waals surface area contributed by atoms with E-state index in [9.17, 15) is 29.1 Å². The standard InChI is InChI=1S/C17H17F5N2O3S/c1-12-3-7-14(8-4-12)27-11-17(2,24-26)16(25)23-13-5-9-15(10-6-13)28(18,19,20,21)22/h3-10H,11H2,1-2H3,(H,23,25). The number of carbonyl (C=O) groups is 1. The van der Waals surface area contributed by atoms with Crippen LogP contribution in [0.3, 0.4) is 0 Å². The number of carbonyl (C=O) groups excluding carboxylic acids is 1. The van der Waals surface area contributed by atoms with Crippen molar-refractivity contribution in [3.8, 4) is 5.75 Å². The zero-order chi connectivity index (χ0) is 21.3. The second-order valence-electron chi connectivity index (χ2n) is 6.41. The summed E-state index contributed by atoms with van der Waals surface area (Å²) in [6.07, 6.45) is 0. The smallest absolute Gasteiger partial charge is 0.310 e. The topological polar surface area (TPSA) is 67.8 Å². The van der Waals surface area contributed by atoms with Gasteiger partial charge in [-0.3, -0.25) is 4.79 Å². The quantitative estimate of drug-likeness (QED) is 0.425. The fourth-order valence-corrected chi connectivity index (χ4v) is 2.70. The maximum absolute atomic E-state index is 12.7. The molecule has 0 aliphatic carbocycles. The van der Waals surface area contributed by atoms with Crippen molar-refractivity contribution < 1.29 is 29.0 Å². The Kier molecular flexibility index (Phi) is 4.97. The zero-order valence-corrected chi connectivity index (χ0v) is 15.6. The summed E-state index contributed by atoms with van der Waals surface area (Å²) in [5.74, 6) is -0.580. The third-order valence-corrected chi connectivity index (χ3v) is 4.95. The molecule has 0 saturated heterocycles. The van der Waals surface area contributed by atoms with Crippen LogP contribution in [0.25, 0.3) is 0 Å². The molecule has 0 aliphatic heterocycles. The van der Waals surface area contributed by atoms with Gasteiger partial charge < -0.3 is 10.1 Å². The highest BCUT2D eigenvalue weighted by molar-refractivity contribution is 8.45. The molecule has 0 heterocycles. The molecule has 0 aromatic heterocycles. The Balaban J connectivity index is 2.10. The van der Waals surface area contributed by atoms with Crippen LogP contribution in [0.15, 0.2) is 58.6 Å². The van der Waals surface area contributed by atoms with E-state index < -0.39 is 33.2 Å². The molecule has 1 unspecified atom stereocenters. The second-order valence-corrected chi connectivity index (χ2v) is 8.82. The predicted molar refractivity (Wildman–Crippen MR) is 97.3 cm³/mol. The van der Waals surface area contributed by atoms with Crippen LogP contribution in [-0.4, -0.2) is 18.1 Å². The van der Waals surface area contributed by atoms with Gasteiger partial charge in [0.25, 0.3) is 5.91 Å². The number of hydrogen-bond acceptors (Lipinski definition) is 4. The number of nitrogens with one attached hydrogen (secondary N) is 1. The molecule has 0 saturated carbocycles. The van der Waals surface area contributed by atoms with E-state index in [1.165, 1.54) is 6.92 Å². The third kappa shape index (κ3) is 5.41. The maximum atomic E-state index is 12.7. The highest BCUT2D eigenvalue weighted by atomic mass is 32.5. The van der Waals surface area contributed by atoms with Gasteiger partial charge in [-0.1, -0.05) is 37.1 Å². The Bertz CT molecular complexity index is 887. The first-order valence-electron chi connectivity index (χ1n) is 7.83. The van der Waals surface area contributed by atoms with Gasteiger partial charge in [-0.2, -0.15) is 0 Å². The van der Waals surface area contributed by atoms with Crippen molar-refractivity contribution in [3.63, 3.8) is 0 Å². The number of halogens is 5. The Morgan fingerprint density at radius 1 is 1.04 bits per heavy atom. The lowest BCUT2D eigenvalue weighted by Crippen LogP contribution is -2.43. The Morgan fingerprint density at radius 3 is 2.04 bits per heavy atom. The fourth-order valence-electron chi connectivity index (χ4n) is 2.05. The number of hydrogen-bond donors (Lipinski definition) is 1. The predicted octanol–water partition coefficient (Wildman–Crippen LogP) is 6.20. The summed E-state index contributed by atoms with van der Waals surface area (Å²) in [7, 11) is -9.80. The van der Waals surface area contributed by atoms with Gasteiger partial charge in [0.1, 0.15) is 17.3 Å². The fraction of sp³-hybridized carbons (Fsp3) is 0.235. The maximum Gasteiger partial charge on any atom is 0.310 e. The summed E-state index contributed by atoms with van der Waals surface area (Å²) < 4.78 is 68.9. The summed E-state index contributed by atoms with van der Waals surface area (Å²) in [6.45, 7) is 2.59. The molecule has 1 amide bonds. The number of anilines is 1. The van der Waals surface area contributed by atoms with Crippen LogP contribution in [0.5, 0.6) is 5.75 Å². The number of nitroso groups, excluding NO2 is 1. The van der Waals surface area contributed by atoms with Gasteiger partial charge in [0.15, 0.2) is 0 Å². The number of amides is 1. The van der Waals surface area contributed by atoms with Crippen LogP contribution in [0, 0.1) is 11.8 Å². The number of aryl methyl sites for hydroxylation is 1. The van der Waals surface area contributed by atoms with Gasteiger partial charge in [-0.25, -0.2) is 0 Å². The molecule has 0 bridgehead atoms. The minimum Gasteiger partial charge on any atom is -0.490 e. The van der Waals surface area contributed by atoms with Crippen LogP contribution < -0.4 is 10.1 Å². The molecule has 5 nitrogen and oxygen atoms in total. The zero-order valence-electron chi connectivity index (χ0n) is 14.8. The monoisotopic (exact) mass is 424 g/mol. The van der Waals surface area contributed by atoms with Crippen LogP contribution in [0.2, 0.25) is 0 Å². The molecule has 2 aromatic rings. The Hall–Kier alpha value is -2.69. The van der Waals surface area contributed by atoms with Gasteiger partial charge in [-0.05, 0) is 55.4 Å². The van der Waals surface area contributed by atoms with Crippen molar-refractivity contribution in [1.82, 2.24) is 0 Å². The Morgan fingerprint density at radius 2 is 1.57 bits per heavy atom. The second kappa shape index (κ2) is 6.43. The van der Waals surface area contributed by atoms with Gasteiger partial charge in [0.2, 0.25) is 5.54 Å². The largest absolute Gasteiger partial charge is 0.490 e. The Labute approximate surface area is 157 Å². The minimum absolute atomic E-state index is 0.158. The SMILES string of the molecule is Cc1ccc(OCC(C)(N=O)C(=O)Nc2ccc(S(F)(F)(F)(F)F)cc2)cc1. The minimum atomic E-state index is -9.80. The van der Waals surface area contributed by atoms with E-state index in [1.54, 1.807) is 24.3 Å². The van der Waals surface area contributed by atoms with E-state index in [1.807, 2.05) is 6.92 Å². The van der Waals surface area contributed by atoms with E-state index in [0.717, 1.165) is 5.56 Å². The molecule has 0 radical (unpaired) electrons. The average molecular weight is 424 g/mol. The first-order chi connectivity index (χ1) is 12.6. The van der Waals surface area contributed by atoms with E-state index in [2.05, 4.69) is 10.5 Å². The van der Waals surface area contributed by atoms with E-state index in [4.69, 9.17) is 4.74 Å².